The van der Waals surface area contributed by atoms with Crippen molar-refractivity contribution >= 4 is 15.9 Å². The van der Waals surface area contributed by atoms with Crippen LogP contribution in [0.5, 0.6) is 5.75 Å². The van der Waals surface area contributed by atoms with E-state index in [4.69, 9.17) is 14.2 Å². The predicted molar refractivity (Wildman–Crippen MR) is 64.0 cm³/mol. The number of nitrogens with zero attached hydrogens (tertiary/aromatic N) is 1. The van der Waals surface area contributed by atoms with Gasteiger partial charge in [-0.2, -0.15) is 0 Å². The van der Waals surface area contributed by atoms with E-state index in [1.807, 2.05) is 0 Å². The second-order valence-electron chi connectivity index (χ2n) is 3.88. The zero-order valence-electron chi connectivity index (χ0n) is 9.48. The lowest BCUT2D eigenvalue weighted by Gasteiger charge is -2.35. The van der Waals surface area contributed by atoms with Crippen molar-refractivity contribution in [2.75, 3.05) is 33.5 Å². The van der Waals surface area contributed by atoms with Gasteiger partial charge in [0.2, 0.25) is 0 Å². The average Bonchev–Trinajstić information content (AvgIpc) is 2.25. The molecule has 2 heterocycles. The molecule has 1 saturated heterocycles. The number of methoxy groups -OCH3 is 1. The zero-order valence-corrected chi connectivity index (χ0v) is 11.1. The van der Waals surface area contributed by atoms with E-state index < -0.39 is 5.60 Å². The Labute approximate surface area is 108 Å². The van der Waals surface area contributed by atoms with Gasteiger partial charge in [0.05, 0.1) is 25.5 Å². The molecule has 0 aromatic carbocycles. The normalized spacial score (nSPS) is 17.6. The molecule has 0 atom stereocenters. The van der Waals surface area contributed by atoms with Crippen LogP contribution in [0.3, 0.4) is 0 Å². The monoisotopic (exact) mass is 303 g/mol. The molecule has 1 N–H and O–H groups in total. The SMILES string of the molecule is COCCOc1cc(Br)nc(C2(O)COC2)c1. The van der Waals surface area contributed by atoms with Crippen molar-refractivity contribution in [3.8, 4) is 5.75 Å². The summed E-state index contributed by atoms with van der Waals surface area (Å²) in [4.78, 5) is 4.23. The first-order valence-electron chi connectivity index (χ1n) is 5.24. The Hall–Kier alpha value is -0.690. The third-order valence-electron chi connectivity index (χ3n) is 2.48. The van der Waals surface area contributed by atoms with E-state index in [1.165, 1.54) is 0 Å². The Morgan fingerprint density at radius 1 is 1.47 bits per heavy atom. The summed E-state index contributed by atoms with van der Waals surface area (Å²) in [6.45, 7) is 1.52. The summed E-state index contributed by atoms with van der Waals surface area (Å²) in [6.07, 6.45) is 0. The maximum Gasteiger partial charge on any atom is 0.153 e. The second-order valence-corrected chi connectivity index (χ2v) is 4.69. The van der Waals surface area contributed by atoms with Gasteiger partial charge >= 0.3 is 0 Å². The van der Waals surface area contributed by atoms with Crippen molar-refractivity contribution in [1.29, 1.82) is 0 Å². The number of ether oxygens (including phenoxy) is 3. The fourth-order valence-corrected chi connectivity index (χ4v) is 1.90. The highest BCUT2D eigenvalue weighted by atomic mass is 79.9. The molecule has 1 aliphatic rings. The van der Waals surface area contributed by atoms with Gasteiger partial charge in [0.1, 0.15) is 17.0 Å². The fourth-order valence-electron chi connectivity index (χ4n) is 1.48. The Kier molecular flexibility index (Phi) is 3.98. The van der Waals surface area contributed by atoms with E-state index in [0.717, 1.165) is 0 Å². The van der Waals surface area contributed by atoms with E-state index in [1.54, 1.807) is 19.2 Å². The van der Waals surface area contributed by atoms with E-state index in [0.29, 0.717) is 29.3 Å². The van der Waals surface area contributed by atoms with Crippen LogP contribution in [-0.2, 0) is 15.1 Å². The fraction of sp³-hybridized carbons (Fsp3) is 0.545. The van der Waals surface area contributed by atoms with Crippen molar-refractivity contribution in [3.63, 3.8) is 0 Å². The summed E-state index contributed by atoms with van der Waals surface area (Å²) in [5, 5.41) is 10.1. The number of aliphatic hydroxyl groups is 1. The zero-order chi connectivity index (χ0) is 12.3. The smallest absolute Gasteiger partial charge is 0.153 e. The lowest BCUT2D eigenvalue weighted by molar-refractivity contribution is -0.187. The van der Waals surface area contributed by atoms with Crippen molar-refractivity contribution in [1.82, 2.24) is 4.98 Å². The first-order valence-corrected chi connectivity index (χ1v) is 6.03. The Balaban J connectivity index is 2.12. The van der Waals surface area contributed by atoms with Gasteiger partial charge < -0.3 is 19.3 Å². The van der Waals surface area contributed by atoms with Gasteiger partial charge in [-0.15, -0.1) is 0 Å². The van der Waals surface area contributed by atoms with Gasteiger partial charge in [-0.05, 0) is 15.9 Å². The third kappa shape index (κ3) is 2.95. The summed E-state index contributed by atoms with van der Waals surface area (Å²) in [5.41, 5.74) is -0.422. The molecule has 94 valence electrons. The molecule has 0 spiro atoms. The highest BCUT2D eigenvalue weighted by molar-refractivity contribution is 9.10. The minimum atomic E-state index is -0.983. The van der Waals surface area contributed by atoms with E-state index in [2.05, 4.69) is 20.9 Å². The van der Waals surface area contributed by atoms with Gasteiger partial charge in [-0.3, -0.25) is 0 Å². The van der Waals surface area contributed by atoms with Crippen molar-refractivity contribution in [2.24, 2.45) is 0 Å². The third-order valence-corrected chi connectivity index (χ3v) is 2.89. The van der Waals surface area contributed by atoms with Crippen molar-refractivity contribution < 1.29 is 19.3 Å². The maximum atomic E-state index is 10.1. The molecule has 1 aromatic rings. The topological polar surface area (TPSA) is 60.8 Å². The van der Waals surface area contributed by atoms with Crippen LogP contribution in [0.4, 0.5) is 0 Å². The summed E-state index contributed by atoms with van der Waals surface area (Å²) < 4.78 is 16.0. The van der Waals surface area contributed by atoms with Gasteiger partial charge in [0, 0.05) is 19.2 Å². The average molecular weight is 304 g/mol. The number of aromatic nitrogens is 1. The molecule has 0 saturated carbocycles. The van der Waals surface area contributed by atoms with E-state index in [-0.39, 0.29) is 13.2 Å². The molecule has 0 amide bonds. The highest BCUT2D eigenvalue weighted by Gasteiger charge is 2.39. The molecule has 0 radical (unpaired) electrons. The lowest BCUT2D eigenvalue weighted by Crippen LogP contribution is -2.47. The number of hydrogen-bond acceptors (Lipinski definition) is 5. The molecule has 0 aliphatic carbocycles. The largest absolute Gasteiger partial charge is 0.491 e. The minimum Gasteiger partial charge on any atom is -0.491 e. The standard InChI is InChI=1S/C11H14BrNO4/c1-15-2-3-17-8-4-9(13-10(12)5-8)11(14)6-16-7-11/h4-5,14H,2-3,6-7H2,1H3. The Bertz CT molecular complexity index is 395. The number of halogens is 1. The van der Waals surface area contributed by atoms with Crippen LogP contribution in [0.15, 0.2) is 16.7 Å². The van der Waals surface area contributed by atoms with Gasteiger partial charge in [-0.1, -0.05) is 0 Å². The number of hydrogen-bond donors (Lipinski definition) is 1. The summed E-state index contributed by atoms with van der Waals surface area (Å²) >= 11 is 3.29. The highest BCUT2D eigenvalue weighted by Crippen LogP contribution is 2.31. The molecular formula is C11H14BrNO4. The van der Waals surface area contributed by atoms with Crippen LogP contribution in [0.1, 0.15) is 5.69 Å². The summed E-state index contributed by atoms with van der Waals surface area (Å²) in [7, 11) is 1.62. The van der Waals surface area contributed by atoms with Crippen LogP contribution >= 0.6 is 15.9 Å². The molecule has 0 unspecified atom stereocenters. The van der Waals surface area contributed by atoms with Crippen LogP contribution < -0.4 is 4.74 Å². The molecular weight excluding hydrogens is 290 g/mol. The minimum absolute atomic E-state index is 0.272. The molecule has 2 rings (SSSR count). The van der Waals surface area contributed by atoms with Gasteiger partial charge in [0.25, 0.3) is 0 Å². The Morgan fingerprint density at radius 2 is 2.24 bits per heavy atom. The Morgan fingerprint density at radius 3 is 2.82 bits per heavy atom. The van der Waals surface area contributed by atoms with Gasteiger partial charge in [0.15, 0.2) is 5.60 Å². The second kappa shape index (κ2) is 5.30. The molecule has 17 heavy (non-hydrogen) atoms. The molecule has 1 fully saturated rings. The van der Waals surface area contributed by atoms with Crippen LogP contribution in [0, 0.1) is 0 Å². The maximum absolute atomic E-state index is 10.1. The van der Waals surface area contributed by atoms with Crippen LogP contribution in [0.2, 0.25) is 0 Å². The molecule has 6 heteroatoms. The van der Waals surface area contributed by atoms with Crippen LogP contribution in [-0.4, -0.2) is 43.6 Å². The van der Waals surface area contributed by atoms with Crippen molar-refractivity contribution in [3.05, 3.63) is 22.4 Å². The molecule has 1 aliphatic heterocycles. The number of rotatable bonds is 5. The molecule has 1 aromatic heterocycles. The van der Waals surface area contributed by atoms with Gasteiger partial charge in [-0.25, -0.2) is 4.98 Å². The first kappa shape index (κ1) is 12.8. The predicted octanol–water partition coefficient (Wildman–Crippen LogP) is 1.09. The number of pyridine rings is 1. The molecule has 5 nitrogen and oxygen atoms in total. The molecule has 0 bridgehead atoms. The summed E-state index contributed by atoms with van der Waals surface area (Å²) in [6, 6.07) is 3.48. The van der Waals surface area contributed by atoms with E-state index in [9.17, 15) is 5.11 Å². The van der Waals surface area contributed by atoms with E-state index >= 15 is 0 Å². The quantitative estimate of drug-likeness (QED) is 0.652. The van der Waals surface area contributed by atoms with Crippen molar-refractivity contribution in [2.45, 2.75) is 5.60 Å². The van der Waals surface area contributed by atoms with Crippen LogP contribution in [0.25, 0.3) is 0 Å². The lowest BCUT2D eigenvalue weighted by atomic mass is 9.97. The first-order chi connectivity index (χ1) is 8.14. The summed E-state index contributed by atoms with van der Waals surface area (Å²) in [5.74, 6) is 0.652.